The molecule has 0 bridgehead atoms. The zero-order valence-electron chi connectivity index (χ0n) is 12.5. The van der Waals surface area contributed by atoms with E-state index in [-0.39, 0.29) is 0 Å². The van der Waals surface area contributed by atoms with Crippen molar-refractivity contribution in [1.82, 2.24) is 5.32 Å². The predicted octanol–water partition coefficient (Wildman–Crippen LogP) is 5.03. The summed E-state index contributed by atoms with van der Waals surface area (Å²) in [6, 6.07) is 9.50. The van der Waals surface area contributed by atoms with Gasteiger partial charge in [0.2, 0.25) is 0 Å². The molecule has 3 atom stereocenters. The van der Waals surface area contributed by atoms with Crippen molar-refractivity contribution in [2.75, 3.05) is 7.05 Å². The Morgan fingerprint density at radius 2 is 2.21 bits per heavy atom. The van der Waals surface area contributed by atoms with Gasteiger partial charge in [-0.1, -0.05) is 38.3 Å². The number of rotatable bonds is 5. The van der Waals surface area contributed by atoms with Crippen molar-refractivity contribution in [3.05, 3.63) is 29.8 Å². The van der Waals surface area contributed by atoms with Crippen LogP contribution in [0.3, 0.4) is 0 Å². The van der Waals surface area contributed by atoms with Crippen molar-refractivity contribution < 1.29 is 0 Å². The fourth-order valence-electron chi connectivity index (χ4n) is 2.94. The molecule has 0 amide bonds. The lowest BCUT2D eigenvalue weighted by atomic mass is 9.87. The zero-order chi connectivity index (χ0) is 13.7. The highest BCUT2D eigenvalue weighted by atomic mass is 32.2. The van der Waals surface area contributed by atoms with E-state index in [2.05, 4.69) is 55.2 Å². The molecule has 0 aromatic heterocycles. The van der Waals surface area contributed by atoms with Gasteiger partial charge in [0.05, 0.1) is 0 Å². The van der Waals surface area contributed by atoms with Crippen LogP contribution in [0.4, 0.5) is 0 Å². The average Bonchev–Trinajstić information content (AvgIpc) is 2.47. The first-order chi connectivity index (χ1) is 9.22. The lowest BCUT2D eigenvalue weighted by Gasteiger charge is -2.28. The van der Waals surface area contributed by atoms with Crippen molar-refractivity contribution in [2.45, 2.75) is 62.1 Å². The monoisotopic (exact) mass is 277 g/mol. The molecule has 3 unspecified atom stereocenters. The van der Waals surface area contributed by atoms with Crippen LogP contribution in [0.15, 0.2) is 29.2 Å². The van der Waals surface area contributed by atoms with E-state index in [1.54, 1.807) is 0 Å². The second-order valence-electron chi connectivity index (χ2n) is 5.76. The molecule has 1 saturated carbocycles. The van der Waals surface area contributed by atoms with E-state index in [9.17, 15) is 0 Å². The molecule has 1 N–H and O–H groups in total. The van der Waals surface area contributed by atoms with Gasteiger partial charge in [-0.2, -0.15) is 0 Å². The van der Waals surface area contributed by atoms with Crippen molar-refractivity contribution in [3.63, 3.8) is 0 Å². The molecule has 0 aliphatic heterocycles. The number of nitrogens with one attached hydrogen (secondary N) is 1. The van der Waals surface area contributed by atoms with Gasteiger partial charge in [-0.25, -0.2) is 0 Å². The summed E-state index contributed by atoms with van der Waals surface area (Å²) in [5.41, 5.74) is 1.40. The van der Waals surface area contributed by atoms with E-state index in [4.69, 9.17) is 0 Å². The number of hydrogen-bond acceptors (Lipinski definition) is 2. The van der Waals surface area contributed by atoms with Gasteiger partial charge in [0.25, 0.3) is 0 Å². The first-order valence-electron chi connectivity index (χ1n) is 7.66. The molecular weight excluding hydrogens is 250 g/mol. The molecule has 1 fully saturated rings. The Morgan fingerprint density at radius 1 is 1.37 bits per heavy atom. The van der Waals surface area contributed by atoms with Crippen LogP contribution in [0.25, 0.3) is 0 Å². The Labute approximate surface area is 122 Å². The van der Waals surface area contributed by atoms with Gasteiger partial charge in [-0.3, -0.25) is 0 Å². The van der Waals surface area contributed by atoms with Crippen LogP contribution in [0, 0.1) is 5.92 Å². The molecule has 1 nitrogen and oxygen atoms in total. The van der Waals surface area contributed by atoms with Gasteiger partial charge in [0, 0.05) is 16.2 Å². The van der Waals surface area contributed by atoms with Crippen LogP contribution in [0.2, 0.25) is 0 Å². The summed E-state index contributed by atoms with van der Waals surface area (Å²) >= 11 is 2.10. The first kappa shape index (κ1) is 14.9. The maximum Gasteiger partial charge on any atom is 0.0289 e. The van der Waals surface area contributed by atoms with E-state index in [1.165, 1.54) is 42.6 Å². The first-order valence-corrected chi connectivity index (χ1v) is 8.54. The maximum absolute atomic E-state index is 3.32. The lowest BCUT2D eigenvalue weighted by Crippen LogP contribution is -2.16. The molecule has 0 heterocycles. The van der Waals surface area contributed by atoms with E-state index in [1.807, 2.05) is 7.05 Å². The van der Waals surface area contributed by atoms with E-state index in [0.29, 0.717) is 6.04 Å². The number of hydrogen-bond donors (Lipinski definition) is 1. The van der Waals surface area contributed by atoms with E-state index >= 15 is 0 Å². The zero-order valence-corrected chi connectivity index (χ0v) is 13.3. The molecule has 1 aliphatic carbocycles. The third kappa shape index (κ3) is 4.25. The van der Waals surface area contributed by atoms with E-state index in [0.717, 1.165) is 11.2 Å². The second-order valence-corrected chi connectivity index (χ2v) is 7.14. The van der Waals surface area contributed by atoms with Crippen LogP contribution in [0.5, 0.6) is 0 Å². The SMILES string of the molecule is CCC1CCCC(Sc2cccc(C(C)NC)c2)C1. The highest BCUT2D eigenvalue weighted by molar-refractivity contribution is 8.00. The number of thioether (sulfide) groups is 1. The van der Waals surface area contributed by atoms with Crippen LogP contribution in [-0.4, -0.2) is 12.3 Å². The summed E-state index contributed by atoms with van der Waals surface area (Å²) in [5, 5.41) is 4.15. The van der Waals surface area contributed by atoms with Crippen LogP contribution in [-0.2, 0) is 0 Å². The Bertz CT molecular complexity index is 391. The molecule has 1 aliphatic rings. The maximum atomic E-state index is 3.32. The minimum absolute atomic E-state index is 0.440. The summed E-state index contributed by atoms with van der Waals surface area (Å²) in [5.74, 6) is 0.964. The quantitative estimate of drug-likeness (QED) is 0.810. The molecule has 2 rings (SSSR count). The highest BCUT2D eigenvalue weighted by Crippen LogP contribution is 2.37. The molecule has 1 aromatic rings. The largest absolute Gasteiger partial charge is 0.313 e. The van der Waals surface area contributed by atoms with Crippen molar-refractivity contribution >= 4 is 11.8 Å². The topological polar surface area (TPSA) is 12.0 Å². The third-order valence-electron chi connectivity index (χ3n) is 4.41. The van der Waals surface area contributed by atoms with Gasteiger partial charge in [0.1, 0.15) is 0 Å². The Morgan fingerprint density at radius 3 is 2.95 bits per heavy atom. The minimum atomic E-state index is 0.440. The van der Waals surface area contributed by atoms with Gasteiger partial charge in [0.15, 0.2) is 0 Å². The highest BCUT2D eigenvalue weighted by Gasteiger charge is 2.21. The van der Waals surface area contributed by atoms with Gasteiger partial charge in [-0.05, 0) is 50.4 Å². The third-order valence-corrected chi connectivity index (χ3v) is 5.69. The van der Waals surface area contributed by atoms with E-state index < -0.39 is 0 Å². The fraction of sp³-hybridized carbons (Fsp3) is 0.647. The molecule has 106 valence electrons. The summed E-state index contributed by atoms with van der Waals surface area (Å²) in [6.45, 7) is 4.56. The fourth-order valence-corrected chi connectivity index (χ4v) is 4.33. The van der Waals surface area contributed by atoms with Crippen LogP contribution in [0.1, 0.15) is 57.6 Å². The predicted molar refractivity (Wildman–Crippen MR) is 85.8 cm³/mol. The summed E-state index contributed by atoms with van der Waals surface area (Å²) < 4.78 is 0. The molecule has 0 radical (unpaired) electrons. The summed E-state index contributed by atoms with van der Waals surface area (Å²) in [7, 11) is 2.03. The standard InChI is InChI=1S/C17H27NS/c1-4-14-7-5-9-16(11-14)19-17-10-6-8-15(12-17)13(2)18-3/h6,8,10,12-14,16,18H,4-5,7,9,11H2,1-3H3. The molecule has 2 heteroatoms. The van der Waals surface area contributed by atoms with Crippen LogP contribution >= 0.6 is 11.8 Å². The Hall–Kier alpha value is -0.470. The lowest BCUT2D eigenvalue weighted by molar-refractivity contribution is 0.357. The Kier molecular flexibility index (Phi) is 5.77. The van der Waals surface area contributed by atoms with Gasteiger partial charge in [-0.15, -0.1) is 11.8 Å². The summed E-state index contributed by atoms with van der Waals surface area (Å²) in [4.78, 5) is 1.45. The smallest absolute Gasteiger partial charge is 0.0289 e. The normalized spacial score (nSPS) is 25.2. The molecule has 1 aromatic carbocycles. The summed E-state index contributed by atoms with van der Waals surface area (Å²) in [6.07, 6.45) is 7.03. The second kappa shape index (κ2) is 7.35. The molecule has 0 saturated heterocycles. The molecular formula is C17H27NS. The van der Waals surface area contributed by atoms with Crippen molar-refractivity contribution in [3.8, 4) is 0 Å². The van der Waals surface area contributed by atoms with Crippen molar-refractivity contribution in [1.29, 1.82) is 0 Å². The van der Waals surface area contributed by atoms with Crippen LogP contribution < -0.4 is 5.32 Å². The minimum Gasteiger partial charge on any atom is -0.313 e. The van der Waals surface area contributed by atoms with Gasteiger partial charge < -0.3 is 5.32 Å². The van der Waals surface area contributed by atoms with Gasteiger partial charge >= 0.3 is 0 Å². The Balaban J connectivity index is 1.98. The number of benzene rings is 1. The average molecular weight is 277 g/mol. The van der Waals surface area contributed by atoms with Crippen molar-refractivity contribution in [2.24, 2.45) is 5.92 Å². The molecule has 0 spiro atoms. The molecule has 19 heavy (non-hydrogen) atoms.